The Labute approximate surface area is 132 Å². The van der Waals surface area contributed by atoms with E-state index in [0.29, 0.717) is 19.5 Å². The molecule has 2 amide bonds. The smallest absolute Gasteiger partial charge is 0.228 e. The average Bonchev–Trinajstić information content (AvgIpc) is 2.94. The van der Waals surface area contributed by atoms with Crippen LogP contribution in [0, 0.1) is 5.92 Å². The Balaban J connectivity index is 1.67. The van der Waals surface area contributed by atoms with Crippen molar-refractivity contribution in [1.29, 1.82) is 0 Å². The molecule has 3 rings (SSSR count). The van der Waals surface area contributed by atoms with E-state index in [2.05, 4.69) is 32.0 Å². The van der Waals surface area contributed by atoms with Gasteiger partial charge in [-0.25, -0.2) is 0 Å². The van der Waals surface area contributed by atoms with Crippen LogP contribution in [0.1, 0.15) is 37.8 Å². The molecule has 0 aliphatic carbocycles. The van der Waals surface area contributed by atoms with Gasteiger partial charge in [0.2, 0.25) is 11.8 Å². The Kier molecular flexibility index (Phi) is 4.19. The maximum absolute atomic E-state index is 12.8. The van der Waals surface area contributed by atoms with Crippen LogP contribution in [0.25, 0.3) is 0 Å². The summed E-state index contributed by atoms with van der Waals surface area (Å²) in [5.41, 5.74) is 2.58. The summed E-state index contributed by atoms with van der Waals surface area (Å²) in [4.78, 5) is 28.7. The Hall–Kier alpha value is -1.84. The van der Waals surface area contributed by atoms with Gasteiger partial charge in [0.25, 0.3) is 0 Å². The molecule has 0 aromatic heterocycles. The molecule has 2 unspecified atom stereocenters. The zero-order valence-corrected chi connectivity index (χ0v) is 13.4. The summed E-state index contributed by atoms with van der Waals surface area (Å²) in [7, 11) is 0. The molecule has 1 aromatic carbocycles. The van der Waals surface area contributed by atoms with E-state index in [9.17, 15) is 9.59 Å². The Morgan fingerprint density at radius 1 is 1.32 bits per heavy atom. The monoisotopic (exact) mass is 300 g/mol. The fourth-order valence-electron chi connectivity index (χ4n) is 3.49. The third kappa shape index (κ3) is 2.74. The van der Waals surface area contributed by atoms with Gasteiger partial charge in [0.15, 0.2) is 0 Å². The van der Waals surface area contributed by atoms with E-state index in [1.165, 1.54) is 11.1 Å². The first kappa shape index (κ1) is 15.1. The molecule has 2 aliphatic heterocycles. The molecule has 0 N–H and O–H groups in total. The van der Waals surface area contributed by atoms with Crippen LogP contribution < -0.4 is 0 Å². The average molecular weight is 300 g/mol. The summed E-state index contributed by atoms with van der Waals surface area (Å²) in [6.45, 7) is 6.17. The standard InChI is InChI=1S/C18H24N2O2/c1-3-13(2)20-12-16(10-17(20)21)18(22)19-9-8-14-6-4-5-7-15(14)11-19/h4-7,13,16H,3,8-12H2,1-2H3. The second-order valence-corrected chi connectivity index (χ2v) is 6.48. The number of benzene rings is 1. The van der Waals surface area contributed by atoms with Crippen molar-refractivity contribution in [3.8, 4) is 0 Å². The van der Waals surface area contributed by atoms with Gasteiger partial charge in [-0.05, 0) is 30.9 Å². The van der Waals surface area contributed by atoms with Gasteiger partial charge in [-0.1, -0.05) is 31.2 Å². The van der Waals surface area contributed by atoms with Crippen LogP contribution in [-0.4, -0.2) is 40.7 Å². The van der Waals surface area contributed by atoms with Gasteiger partial charge in [-0.2, -0.15) is 0 Å². The molecule has 0 radical (unpaired) electrons. The maximum Gasteiger partial charge on any atom is 0.228 e. The minimum Gasteiger partial charge on any atom is -0.339 e. The molecule has 2 aliphatic rings. The third-order valence-electron chi connectivity index (χ3n) is 5.07. The lowest BCUT2D eigenvalue weighted by atomic mass is 9.98. The van der Waals surface area contributed by atoms with Crippen molar-refractivity contribution in [2.45, 2.75) is 45.7 Å². The van der Waals surface area contributed by atoms with Crippen LogP contribution in [0.3, 0.4) is 0 Å². The second kappa shape index (κ2) is 6.11. The van der Waals surface area contributed by atoms with Crippen LogP contribution in [0.2, 0.25) is 0 Å². The van der Waals surface area contributed by atoms with Gasteiger partial charge < -0.3 is 9.80 Å². The zero-order chi connectivity index (χ0) is 15.7. The lowest BCUT2D eigenvalue weighted by Crippen LogP contribution is -2.41. The van der Waals surface area contributed by atoms with E-state index >= 15 is 0 Å². The Morgan fingerprint density at radius 3 is 2.77 bits per heavy atom. The van der Waals surface area contributed by atoms with Gasteiger partial charge in [0.1, 0.15) is 0 Å². The molecule has 1 saturated heterocycles. The number of hydrogen-bond acceptors (Lipinski definition) is 2. The molecule has 118 valence electrons. The first-order chi connectivity index (χ1) is 10.6. The number of fused-ring (bicyclic) bond motifs is 1. The first-order valence-corrected chi connectivity index (χ1v) is 8.25. The van der Waals surface area contributed by atoms with Crippen molar-refractivity contribution in [1.82, 2.24) is 9.80 Å². The summed E-state index contributed by atoms with van der Waals surface area (Å²) in [6, 6.07) is 8.54. The number of carbonyl (C=O) groups excluding carboxylic acids is 2. The fourth-order valence-corrected chi connectivity index (χ4v) is 3.49. The van der Waals surface area contributed by atoms with Gasteiger partial charge in [-0.3, -0.25) is 9.59 Å². The number of amides is 2. The minimum atomic E-state index is -0.160. The summed E-state index contributed by atoms with van der Waals surface area (Å²) in [5.74, 6) is 0.116. The quantitative estimate of drug-likeness (QED) is 0.859. The highest BCUT2D eigenvalue weighted by molar-refractivity contribution is 5.89. The van der Waals surface area contributed by atoms with Crippen molar-refractivity contribution in [2.24, 2.45) is 5.92 Å². The Morgan fingerprint density at radius 2 is 2.05 bits per heavy atom. The molecular weight excluding hydrogens is 276 g/mol. The summed E-state index contributed by atoms with van der Waals surface area (Å²) < 4.78 is 0. The van der Waals surface area contributed by atoms with Gasteiger partial charge in [0.05, 0.1) is 5.92 Å². The van der Waals surface area contributed by atoms with E-state index in [1.54, 1.807) is 0 Å². The molecule has 2 atom stereocenters. The van der Waals surface area contributed by atoms with Crippen LogP contribution in [0.5, 0.6) is 0 Å². The number of nitrogens with zero attached hydrogens (tertiary/aromatic N) is 2. The predicted molar refractivity (Wildman–Crippen MR) is 85.1 cm³/mol. The van der Waals surface area contributed by atoms with Gasteiger partial charge in [-0.15, -0.1) is 0 Å². The topological polar surface area (TPSA) is 40.6 Å². The van der Waals surface area contributed by atoms with Gasteiger partial charge >= 0.3 is 0 Å². The molecule has 22 heavy (non-hydrogen) atoms. The molecule has 1 aromatic rings. The number of hydrogen-bond donors (Lipinski definition) is 0. The van der Waals surface area contributed by atoms with Crippen LogP contribution in [0.4, 0.5) is 0 Å². The molecule has 2 heterocycles. The van der Waals surface area contributed by atoms with Crippen molar-refractivity contribution >= 4 is 11.8 Å². The van der Waals surface area contributed by atoms with E-state index in [4.69, 9.17) is 0 Å². The van der Waals surface area contributed by atoms with Crippen molar-refractivity contribution < 1.29 is 9.59 Å². The molecule has 4 nitrogen and oxygen atoms in total. The van der Waals surface area contributed by atoms with E-state index in [-0.39, 0.29) is 23.8 Å². The minimum absolute atomic E-state index is 0.130. The van der Waals surface area contributed by atoms with E-state index in [1.807, 2.05) is 15.9 Å². The molecule has 0 saturated carbocycles. The first-order valence-electron chi connectivity index (χ1n) is 8.25. The lowest BCUT2D eigenvalue weighted by molar-refractivity contribution is -0.136. The molecule has 4 heteroatoms. The summed E-state index contributed by atoms with van der Waals surface area (Å²) in [6.07, 6.45) is 2.22. The largest absolute Gasteiger partial charge is 0.339 e. The molecule has 0 bridgehead atoms. The number of carbonyl (C=O) groups is 2. The highest BCUT2D eigenvalue weighted by atomic mass is 16.2. The van der Waals surface area contributed by atoms with Crippen LogP contribution in [-0.2, 0) is 22.6 Å². The lowest BCUT2D eigenvalue weighted by Gasteiger charge is -2.31. The second-order valence-electron chi connectivity index (χ2n) is 6.48. The zero-order valence-electron chi connectivity index (χ0n) is 13.4. The van der Waals surface area contributed by atoms with E-state index < -0.39 is 0 Å². The Bertz CT molecular complexity index is 584. The molecular formula is C18H24N2O2. The van der Waals surface area contributed by atoms with Crippen molar-refractivity contribution in [2.75, 3.05) is 13.1 Å². The van der Waals surface area contributed by atoms with Gasteiger partial charge in [0, 0.05) is 32.1 Å². The maximum atomic E-state index is 12.8. The van der Waals surface area contributed by atoms with Crippen LogP contribution in [0.15, 0.2) is 24.3 Å². The molecule has 0 spiro atoms. The SMILES string of the molecule is CCC(C)N1CC(C(=O)N2CCc3ccccc3C2)CC1=O. The van der Waals surface area contributed by atoms with E-state index in [0.717, 1.165) is 19.4 Å². The summed E-state index contributed by atoms with van der Waals surface area (Å²) in [5, 5.41) is 0. The third-order valence-corrected chi connectivity index (χ3v) is 5.07. The highest BCUT2D eigenvalue weighted by Crippen LogP contribution is 2.26. The number of likely N-dealkylation sites (tertiary alicyclic amines) is 1. The van der Waals surface area contributed by atoms with Crippen LogP contribution >= 0.6 is 0 Å². The van der Waals surface area contributed by atoms with Crippen molar-refractivity contribution in [3.05, 3.63) is 35.4 Å². The number of rotatable bonds is 3. The predicted octanol–water partition coefficient (Wildman–Crippen LogP) is 2.22. The normalized spacial score (nSPS) is 22.6. The summed E-state index contributed by atoms with van der Waals surface area (Å²) >= 11 is 0. The van der Waals surface area contributed by atoms with Crippen molar-refractivity contribution in [3.63, 3.8) is 0 Å². The highest BCUT2D eigenvalue weighted by Gasteiger charge is 2.38. The molecule has 1 fully saturated rings. The fraction of sp³-hybridized carbons (Fsp3) is 0.556.